The van der Waals surface area contributed by atoms with E-state index in [1.807, 2.05) is 49.8 Å². The lowest BCUT2D eigenvalue weighted by Crippen LogP contribution is -2.09. The van der Waals surface area contributed by atoms with Crippen molar-refractivity contribution in [1.82, 2.24) is 29.7 Å². The molecule has 0 aliphatic carbocycles. The van der Waals surface area contributed by atoms with Gasteiger partial charge in [0.2, 0.25) is 5.95 Å². The lowest BCUT2D eigenvalue weighted by atomic mass is 10.1. The van der Waals surface area contributed by atoms with Gasteiger partial charge < -0.3 is 10.3 Å². The summed E-state index contributed by atoms with van der Waals surface area (Å²) in [7, 11) is 1.94. The summed E-state index contributed by atoms with van der Waals surface area (Å²) in [6.45, 7) is 4.70. The monoisotopic (exact) mass is 381 g/mol. The predicted octanol–water partition coefficient (Wildman–Crippen LogP) is 3.68. The number of aromatic amines is 1. The van der Waals surface area contributed by atoms with Crippen molar-refractivity contribution in [3.05, 3.63) is 52.7 Å². The summed E-state index contributed by atoms with van der Waals surface area (Å²) in [5.41, 5.74) is 5.82. The van der Waals surface area contributed by atoms with Crippen LogP contribution in [0.2, 0.25) is 5.02 Å². The minimum Gasteiger partial charge on any atom is -0.354 e. The number of imidazole rings is 1. The molecule has 7 nitrogen and oxygen atoms in total. The van der Waals surface area contributed by atoms with Gasteiger partial charge in [0.05, 0.1) is 22.4 Å². The molecule has 0 aliphatic rings. The molecule has 138 valence electrons. The van der Waals surface area contributed by atoms with Gasteiger partial charge in [-0.3, -0.25) is 4.68 Å². The predicted molar refractivity (Wildman–Crippen MR) is 107 cm³/mol. The fourth-order valence-electron chi connectivity index (χ4n) is 3.17. The van der Waals surface area contributed by atoms with Gasteiger partial charge in [0.25, 0.3) is 0 Å². The first-order valence-electron chi connectivity index (χ1n) is 8.73. The third-order valence-corrected chi connectivity index (χ3v) is 4.79. The van der Waals surface area contributed by atoms with Gasteiger partial charge in [-0.1, -0.05) is 11.6 Å². The molecule has 2 N–H and O–H groups in total. The van der Waals surface area contributed by atoms with Crippen LogP contribution >= 0.6 is 11.6 Å². The SMILES string of the molecule is Cc1nn(C)c(C)c1-c1ccnc(NCCc2nc3ccc(Cl)cc3[nH]2)n1. The first-order chi connectivity index (χ1) is 13.0. The lowest BCUT2D eigenvalue weighted by Gasteiger charge is -2.06. The highest BCUT2D eigenvalue weighted by Gasteiger charge is 2.13. The van der Waals surface area contributed by atoms with Crippen LogP contribution in [-0.2, 0) is 13.5 Å². The molecule has 27 heavy (non-hydrogen) atoms. The Morgan fingerprint density at radius 3 is 2.81 bits per heavy atom. The Kier molecular flexibility index (Phi) is 4.53. The van der Waals surface area contributed by atoms with Crippen LogP contribution in [-0.4, -0.2) is 36.3 Å². The number of nitrogens with zero attached hydrogens (tertiary/aromatic N) is 5. The second-order valence-corrected chi connectivity index (χ2v) is 6.89. The molecule has 0 radical (unpaired) electrons. The van der Waals surface area contributed by atoms with Crippen molar-refractivity contribution >= 4 is 28.6 Å². The summed E-state index contributed by atoms with van der Waals surface area (Å²) in [4.78, 5) is 16.8. The Bertz CT molecular complexity index is 1110. The molecule has 3 heterocycles. The zero-order valence-corrected chi connectivity index (χ0v) is 16.2. The maximum Gasteiger partial charge on any atom is 0.223 e. The van der Waals surface area contributed by atoms with Crippen LogP contribution in [0.4, 0.5) is 5.95 Å². The number of nitrogens with one attached hydrogen (secondary N) is 2. The normalized spacial score (nSPS) is 11.3. The van der Waals surface area contributed by atoms with E-state index in [9.17, 15) is 0 Å². The molecule has 8 heteroatoms. The van der Waals surface area contributed by atoms with Crippen molar-refractivity contribution in [2.75, 3.05) is 11.9 Å². The Hall–Kier alpha value is -2.93. The highest BCUT2D eigenvalue weighted by Crippen LogP contribution is 2.25. The van der Waals surface area contributed by atoms with E-state index in [4.69, 9.17) is 11.6 Å². The standard InChI is InChI=1S/C19H20ClN7/c1-11-18(12(2)27(3)26-11)15-6-8-21-19(25-15)22-9-7-17-23-14-5-4-13(20)10-16(14)24-17/h4-6,8,10H,7,9H2,1-3H3,(H,23,24)(H,21,22,25). The molecule has 4 rings (SSSR count). The highest BCUT2D eigenvalue weighted by atomic mass is 35.5. The molecule has 0 unspecified atom stereocenters. The van der Waals surface area contributed by atoms with E-state index in [2.05, 4.69) is 30.4 Å². The first kappa shape index (κ1) is 17.5. The fraction of sp³-hybridized carbons (Fsp3) is 0.263. The number of fused-ring (bicyclic) bond motifs is 1. The van der Waals surface area contributed by atoms with Crippen molar-refractivity contribution < 1.29 is 0 Å². The van der Waals surface area contributed by atoms with Gasteiger partial charge in [-0.15, -0.1) is 0 Å². The van der Waals surface area contributed by atoms with Crippen LogP contribution < -0.4 is 5.32 Å². The molecule has 0 saturated carbocycles. The van der Waals surface area contributed by atoms with E-state index in [-0.39, 0.29) is 0 Å². The van der Waals surface area contributed by atoms with Gasteiger partial charge in [-0.2, -0.15) is 5.10 Å². The molecule has 0 amide bonds. The Balaban J connectivity index is 1.47. The van der Waals surface area contributed by atoms with Gasteiger partial charge in [0.15, 0.2) is 0 Å². The van der Waals surface area contributed by atoms with Crippen LogP contribution in [0.25, 0.3) is 22.3 Å². The molecule has 4 aromatic rings. The van der Waals surface area contributed by atoms with Crippen molar-refractivity contribution in [1.29, 1.82) is 0 Å². The summed E-state index contributed by atoms with van der Waals surface area (Å²) in [5.74, 6) is 1.49. The van der Waals surface area contributed by atoms with E-state index < -0.39 is 0 Å². The number of benzene rings is 1. The number of anilines is 1. The van der Waals surface area contributed by atoms with Crippen LogP contribution in [0.3, 0.4) is 0 Å². The second-order valence-electron chi connectivity index (χ2n) is 6.46. The molecule has 3 aromatic heterocycles. The topological polar surface area (TPSA) is 84.3 Å². The Morgan fingerprint density at radius 1 is 1.19 bits per heavy atom. The third kappa shape index (κ3) is 3.50. The van der Waals surface area contributed by atoms with Crippen LogP contribution in [0.15, 0.2) is 30.5 Å². The molecule has 0 aliphatic heterocycles. The Labute approximate surface area is 161 Å². The van der Waals surface area contributed by atoms with Crippen LogP contribution in [0, 0.1) is 13.8 Å². The average molecular weight is 382 g/mol. The van der Waals surface area contributed by atoms with Gasteiger partial charge in [-0.25, -0.2) is 15.0 Å². The molecule has 1 aromatic carbocycles. The third-order valence-electron chi connectivity index (χ3n) is 4.56. The second kappa shape index (κ2) is 7.00. The van der Waals surface area contributed by atoms with E-state index in [1.165, 1.54) is 0 Å². The van der Waals surface area contributed by atoms with Gasteiger partial charge in [-0.05, 0) is 38.1 Å². The Morgan fingerprint density at radius 2 is 2.04 bits per heavy atom. The summed E-state index contributed by atoms with van der Waals surface area (Å²) >= 11 is 6.02. The largest absolute Gasteiger partial charge is 0.354 e. The summed E-state index contributed by atoms with van der Waals surface area (Å²) < 4.78 is 1.87. The van der Waals surface area contributed by atoms with Crippen LogP contribution in [0.5, 0.6) is 0 Å². The number of rotatable bonds is 5. The first-order valence-corrected chi connectivity index (χ1v) is 9.10. The number of hydrogen-bond acceptors (Lipinski definition) is 5. The maximum absolute atomic E-state index is 6.02. The summed E-state index contributed by atoms with van der Waals surface area (Å²) in [5, 5.41) is 8.43. The smallest absolute Gasteiger partial charge is 0.223 e. The molecule has 0 spiro atoms. The molecule has 0 fully saturated rings. The van der Waals surface area contributed by atoms with Gasteiger partial charge in [0, 0.05) is 42.5 Å². The highest BCUT2D eigenvalue weighted by molar-refractivity contribution is 6.31. The van der Waals surface area contributed by atoms with Gasteiger partial charge in [0.1, 0.15) is 5.82 Å². The maximum atomic E-state index is 6.02. The number of H-pyrrole nitrogens is 1. The molecule has 0 bridgehead atoms. The molecular formula is C19H20ClN7. The number of hydrogen-bond donors (Lipinski definition) is 2. The van der Waals surface area contributed by atoms with Crippen molar-refractivity contribution in [3.63, 3.8) is 0 Å². The van der Waals surface area contributed by atoms with E-state index in [0.717, 1.165) is 45.9 Å². The zero-order valence-electron chi connectivity index (χ0n) is 15.4. The van der Waals surface area contributed by atoms with E-state index in [1.54, 1.807) is 6.20 Å². The zero-order chi connectivity index (χ0) is 19.0. The lowest BCUT2D eigenvalue weighted by molar-refractivity contribution is 0.731. The number of aromatic nitrogens is 6. The van der Waals surface area contributed by atoms with E-state index >= 15 is 0 Å². The molecule has 0 saturated heterocycles. The van der Waals surface area contributed by atoms with Crippen molar-refractivity contribution in [2.45, 2.75) is 20.3 Å². The molecular weight excluding hydrogens is 362 g/mol. The minimum atomic E-state index is 0.592. The number of halogens is 1. The fourth-order valence-corrected chi connectivity index (χ4v) is 3.35. The van der Waals surface area contributed by atoms with Crippen LogP contribution in [0.1, 0.15) is 17.2 Å². The van der Waals surface area contributed by atoms with E-state index in [0.29, 0.717) is 17.5 Å². The quantitative estimate of drug-likeness (QED) is 0.551. The average Bonchev–Trinajstić information content (AvgIpc) is 3.14. The van der Waals surface area contributed by atoms with Crippen molar-refractivity contribution in [3.8, 4) is 11.3 Å². The molecule has 0 atom stereocenters. The number of aryl methyl sites for hydroxylation is 2. The minimum absolute atomic E-state index is 0.592. The van der Waals surface area contributed by atoms with Gasteiger partial charge >= 0.3 is 0 Å². The van der Waals surface area contributed by atoms with Crippen molar-refractivity contribution in [2.24, 2.45) is 7.05 Å². The summed E-state index contributed by atoms with van der Waals surface area (Å²) in [6.07, 6.45) is 2.49. The summed E-state index contributed by atoms with van der Waals surface area (Å²) in [6, 6.07) is 7.54.